The van der Waals surface area contributed by atoms with Gasteiger partial charge in [0, 0.05) is 37.0 Å². The van der Waals surface area contributed by atoms with Gasteiger partial charge in [-0.25, -0.2) is 4.79 Å². The Balaban J connectivity index is 1.46. The van der Waals surface area contributed by atoms with Crippen LogP contribution in [-0.4, -0.2) is 42.0 Å². The average molecular weight is 340 g/mol. The Bertz CT molecular complexity index is 763. The van der Waals surface area contributed by atoms with E-state index >= 15 is 0 Å². The number of carbonyl (C=O) groups is 1. The maximum Gasteiger partial charge on any atom is 0.321 e. The zero-order valence-electron chi connectivity index (χ0n) is 13.9. The Morgan fingerprint density at radius 3 is 2.88 bits per heavy atom. The fourth-order valence-corrected chi connectivity index (χ4v) is 3.03. The predicted octanol–water partition coefficient (Wildman–Crippen LogP) is 2.85. The molecule has 0 aliphatic carbocycles. The number of aromatic nitrogens is 2. The molecule has 0 radical (unpaired) electrons. The van der Waals surface area contributed by atoms with E-state index in [2.05, 4.69) is 15.5 Å². The molecule has 0 bridgehead atoms. The van der Waals surface area contributed by atoms with Crippen LogP contribution >= 0.6 is 0 Å². The number of carbonyl (C=O) groups excluding carboxylic acids is 1. The number of ether oxygens (including phenoxy) is 1. The molecule has 4 rings (SSSR count). The van der Waals surface area contributed by atoms with Crippen LogP contribution in [0.1, 0.15) is 25.2 Å². The van der Waals surface area contributed by atoms with Crippen molar-refractivity contribution in [2.75, 3.05) is 24.6 Å². The summed E-state index contributed by atoms with van der Waals surface area (Å²) >= 11 is 0. The fraction of sp³-hybridized carbons (Fsp3) is 0.389. The Morgan fingerprint density at radius 2 is 2.12 bits per heavy atom. The molecule has 2 aliphatic rings. The van der Waals surface area contributed by atoms with E-state index in [9.17, 15) is 4.79 Å². The lowest BCUT2D eigenvalue weighted by Crippen LogP contribution is -2.46. The molecule has 2 aliphatic heterocycles. The third-order valence-corrected chi connectivity index (χ3v) is 4.38. The Labute approximate surface area is 145 Å². The van der Waals surface area contributed by atoms with Crippen LogP contribution in [0.2, 0.25) is 0 Å². The third-order valence-electron chi connectivity index (χ3n) is 4.38. The second-order valence-corrected chi connectivity index (χ2v) is 6.15. The largest absolute Gasteiger partial charge is 0.374 e. The zero-order chi connectivity index (χ0) is 17.1. The summed E-state index contributed by atoms with van der Waals surface area (Å²) < 4.78 is 10.8. The van der Waals surface area contributed by atoms with Gasteiger partial charge in [-0.1, -0.05) is 11.2 Å². The number of amides is 2. The molecule has 2 fully saturated rings. The molecule has 130 valence electrons. The number of anilines is 1. The van der Waals surface area contributed by atoms with Gasteiger partial charge in [0.15, 0.2) is 0 Å². The molecule has 1 N–H and O–H groups in total. The highest BCUT2D eigenvalue weighted by Crippen LogP contribution is 2.23. The van der Waals surface area contributed by atoms with Crippen molar-refractivity contribution in [3.05, 3.63) is 36.2 Å². The van der Waals surface area contributed by atoms with E-state index in [-0.39, 0.29) is 12.1 Å². The van der Waals surface area contributed by atoms with Gasteiger partial charge >= 0.3 is 6.03 Å². The SMILES string of the molecule is O=C1NCCCN1c1ccc(-c2noc(/C=C/C3CCCO3)n2)cc1. The number of hydrogen-bond acceptors (Lipinski definition) is 5. The molecule has 3 heterocycles. The highest BCUT2D eigenvalue weighted by atomic mass is 16.5. The van der Waals surface area contributed by atoms with Gasteiger partial charge in [0.2, 0.25) is 5.82 Å². The first-order valence-corrected chi connectivity index (χ1v) is 8.59. The van der Waals surface area contributed by atoms with Crippen LogP contribution in [0.5, 0.6) is 0 Å². The quantitative estimate of drug-likeness (QED) is 0.926. The lowest BCUT2D eigenvalue weighted by molar-refractivity contribution is 0.146. The third kappa shape index (κ3) is 3.56. The van der Waals surface area contributed by atoms with Crippen LogP contribution in [0.3, 0.4) is 0 Å². The van der Waals surface area contributed by atoms with Gasteiger partial charge in [-0.2, -0.15) is 4.98 Å². The molecule has 25 heavy (non-hydrogen) atoms. The number of benzene rings is 1. The van der Waals surface area contributed by atoms with Crippen molar-refractivity contribution in [1.29, 1.82) is 0 Å². The minimum atomic E-state index is -0.0554. The summed E-state index contributed by atoms with van der Waals surface area (Å²) in [4.78, 5) is 18.0. The number of hydrogen-bond donors (Lipinski definition) is 1. The highest BCUT2D eigenvalue weighted by Gasteiger charge is 2.19. The van der Waals surface area contributed by atoms with Gasteiger partial charge in [-0.05, 0) is 43.5 Å². The van der Waals surface area contributed by atoms with Gasteiger partial charge in [0.25, 0.3) is 5.89 Å². The molecule has 2 aromatic rings. The van der Waals surface area contributed by atoms with Crippen LogP contribution < -0.4 is 10.2 Å². The molecule has 7 nitrogen and oxygen atoms in total. The predicted molar refractivity (Wildman–Crippen MR) is 93.1 cm³/mol. The lowest BCUT2D eigenvalue weighted by atomic mass is 10.1. The van der Waals surface area contributed by atoms with Gasteiger partial charge in [0.1, 0.15) is 0 Å². The molecule has 7 heteroatoms. The molecular weight excluding hydrogens is 320 g/mol. The first kappa shape index (κ1) is 15.8. The summed E-state index contributed by atoms with van der Waals surface area (Å²) in [5, 5.41) is 6.86. The monoisotopic (exact) mass is 340 g/mol. The summed E-state index contributed by atoms with van der Waals surface area (Å²) in [6.07, 6.45) is 6.97. The summed E-state index contributed by atoms with van der Waals surface area (Å²) in [6.45, 7) is 2.27. The standard InChI is InChI=1S/C18H20N4O3/c23-18-19-10-2-11-22(18)14-6-4-13(5-7-14)17-20-16(25-21-17)9-8-15-3-1-12-24-15/h4-9,15H,1-3,10-12H2,(H,19,23)/b9-8+. The lowest BCUT2D eigenvalue weighted by Gasteiger charge is -2.27. The van der Waals surface area contributed by atoms with Crippen molar-refractivity contribution in [3.8, 4) is 11.4 Å². The van der Waals surface area contributed by atoms with Crippen molar-refractivity contribution >= 4 is 17.8 Å². The molecule has 1 atom stereocenters. The van der Waals surface area contributed by atoms with Gasteiger partial charge in [-0.3, -0.25) is 4.90 Å². The number of nitrogens with zero attached hydrogens (tertiary/aromatic N) is 3. The van der Waals surface area contributed by atoms with Crippen LogP contribution in [0, 0.1) is 0 Å². The van der Waals surface area contributed by atoms with Crippen LogP contribution in [0.25, 0.3) is 17.5 Å². The number of urea groups is 1. The van der Waals surface area contributed by atoms with Crippen molar-refractivity contribution in [2.24, 2.45) is 0 Å². The Hall–Kier alpha value is -2.67. The molecule has 2 amide bonds. The van der Waals surface area contributed by atoms with Crippen molar-refractivity contribution in [3.63, 3.8) is 0 Å². The summed E-state index contributed by atoms with van der Waals surface area (Å²) in [7, 11) is 0. The Morgan fingerprint density at radius 1 is 1.24 bits per heavy atom. The van der Waals surface area contributed by atoms with Crippen molar-refractivity contribution in [1.82, 2.24) is 15.5 Å². The van der Waals surface area contributed by atoms with Gasteiger partial charge < -0.3 is 14.6 Å². The van der Waals surface area contributed by atoms with E-state index in [1.807, 2.05) is 30.3 Å². The number of nitrogens with one attached hydrogen (secondary N) is 1. The molecule has 0 saturated carbocycles. The first-order valence-electron chi connectivity index (χ1n) is 8.59. The summed E-state index contributed by atoms with van der Waals surface area (Å²) in [5.41, 5.74) is 1.71. The van der Waals surface area contributed by atoms with E-state index in [1.54, 1.807) is 11.0 Å². The summed E-state index contributed by atoms with van der Waals surface area (Å²) in [5.74, 6) is 0.992. The average Bonchev–Trinajstić information content (AvgIpc) is 3.32. The minimum Gasteiger partial charge on any atom is -0.374 e. The number of rotatable bonds is 4. The van der Waals surface area contributed by atoms with E-state index in [4.69, 9.17) is 9.26 Å². The van der Waals surface area contributed by atoms with Crippen LogP contribution in [0.4, 0.5) is 10.5 Å². The van der Waals surface area contributed by atoms with E-state index in [1.165, 1.54) is 0 Å². The van der Waals surface area contributed by atoms with Crippen LogP contribution in [-0.2, 0) is 4.74 Å². The fourth-order valence-electron chi connectivity index (χ4n) is 3.03. The van der Waals surface area contributed by atoms with Crippen LogP contribution in [0.15, 0.2) is 34.9 Å². The van der Waals surface area contributed by atoms with E-state index in [0.29, 0.717) is 11.7 Å². The van der Waals surface area contributed by atoms with E-state index in [0.717, 1.165) is 50.2 Å². The van der Waals surface area contributed by atoms with Gasteiger partial charge in [-0.15, -0.1) is 0 Å². The van der Waals surface area contributed by atoms with Crippen molar-refractivity contribution in [2.45, 2.75) is 25.4 Å². The van der Waals surface area contributed by atoms with E-state index < -0.39 is 0 Å². The maximum absolute atomic E-state index is 11.9. The first-order chi connectivity index (χ1) is 12.3. The highest BCUT2D eigenvalue weighted by molar-refractivity contribution is 5.92. The maximum atomic E-state index is 11.9. The van der Waals surface area contributed by atoms with Crippen molar-refractivity contribution < 1.29 is 14.1 Å². The molecular formula is C18H20N4O3. The Kier molecular flexibility index (Phi) is 4.47. The summed E-state index contributed by atoms with van der Waals surface area (Å²) in [6, 6.07) is 7.54. The molecule has 1 aromatic carbocycles. The topological polar surface area (TPSA) is 80.5 Å². The van der Waals surface area contributed by atoms with Gasteiger partial charge in [0.05, 0.1) is 6.10 Å². The zero-order valence-corrected chi connectivity index (χ0v) is 13.9. The molecule has 1 aromatic heterocycles. The second kappa shape index (κ2) is 7.06. The second-order valence-electron chi connectivity index (χ2n) is 6.15. The smallest absolute Gasteiger partial charge is 0.321 e. The molecule has 1 unspecified atom stereocenters. The molecule has 0 spiro atoms. The molecule has 2 saturated heterocycles. The minimum absolute atomic E-state index is 0.0554. The normalized spacial score (nSPS) is 21.0.